The summed E-state index contributed by atoms with van der Waals surface area (Å²) in [6.45, 7) is 1.61. The van der Waals surface area contributed by atoms with E-state index in [1.54, 1.807) is 6.07 Å². The van der Waals surface area contributed by atoms with Gasteiger partial charge in [-0.15, -0.1) is 0 Å². The fraction of sp³-hybridized carbons (Fsp3) is 0.435. The number of carbonyl (C=O) groups excluding carboxylic acids is 1. The Kier molecular flexibility index (Phi) is 5.15. The Bertz CT molecular complexity index is 884. The van der Waals surface area contributed by atoms with Crippen molar-refractivity contribution in [3.8, 4) is 0 Å². The molecule has 1 atom stereocenters. The summed E-state index contributed by atoms with van der Waals surface area (Å²) in [4.78, 5) is 15.6. The minimum Gasteiger partial charge on any atom is -0.460 e. The van der Waals surface area contributed by atoms with Gasteiger partial charge in [-0.3, -0.25) is 4.79 Å². The van der Waals surface area contributed by atoms with Gasteiger partial charge in [0.15, 0.2) is 0 Å². The van der Waals surface area contributed by atoms with E-state index in [0.717, 1.165) is 42.6 Å². The number of ether oxygens (including phenoxy) is 1. The highest BCUT2D eigenvalue weighted by molar-refractivity contribution is 5.86. The van der Waals surface area contributed by atoms with E-state index in [1.807, 2.05) is 31.3 Å². The van der Waals surface area contributed by atoms with E-state index in [-0.39, 0.29) is 6.10 Å². The number of halogens is 3. The molecular weight excluding hydrogens is 379 g/mol. The summed E-state index contributed by atoms with van der Waals surface area (Å²) >= 11 is 0. The Morgan fingerprint density at radius 2 is 1.79 bits per heavy atom. The van der Waals surface area contributed by atoms with Gasteiger partial charge in [0, 0.05) is 6.54 Å². The zero-order chi connectivity index (χ0) is 20.6. The van der Waals surface area contributed by atoms with Crippen LogP contribution >= 0.6 is 0 Å². The van der Waals surface area contributed by atoms with Crippen molar-refractivity contribution in [3.05, 3.63) is 70.8 Å². The molecular formula is C23H24F3NO2. The van der Waals surface area contributed by atoms with Crippen LogP contribution in [0.5, 0.6) is 0 Å². The molecule has 0 saturated carbocycles. The van der Waals surface area contributed by atoms with Gasteiger partial charge in [-0.2, -0.15) is 13.2 Å². The summed E-state index contributed by atoms with van der Waals surface area (Å²) in [7, 11) is 1.98. The third-order valence-electron chi connectivity index (χ3n) is 6.09. The van der Waals surface area contributed by atoms with Gasteiger partial charge in [0.05, 0.1) is 5.56 Å². The first-order valence-electron chi connectivity index (χ1n) is 9.92. The molecule has 1 aliphatic carbocycles. The van der Waals surface area contributed by atoms with Crippen molar-refractivity contribution in [2.24, 2.45) is 0 Å². The van der Waals surface area contributed by atoms with Crippen LogP contribution in [0.4, 0.5) is 13.2 Å². The van der Waals surface area contributed by atoms with E-state index < -0.39 is 23.1 Å². The molecule has 2 aromatic carbocycles. The first-order chi connectivity index (χ1) is 13.8. The molecule has 154 valence electrons. The number of fused-ring (bicyclic) bond motifs is 1. The molecule has 1 saturated heterocycles. The minimum absolute atomic E-state index is 0.229. The molecule has 1 heterocycles. The summed E-state index contributed by atoms with van der Waals surface area (Å²) in [5.74, 6) is -0.423. The lowest BCUT2D eigenvalue weighted by Crippen LogP contribution is -2.44. The zero-order valence-corrected chi connectivity index (χ0v) is 16.3. The number of nitrogens with zero attached hydrogens (tertiary/aromatic N) is 1. The number of hydrogen-bond donors (Lipinski definition) is 0. The second kappa shape index (κ2) is 7.48. The van der Waals surface area contributed by atoms with Gasteiger partial charge < -0.3 is 9.64 Å². The van der Waals surface area contributed by atoms with Gasteiger partial charge in [-0.05, 0) is 62.0 Å². The van der Waals surface area contributed by atoms with E-state index in [9.17, 15) is 18.0 Å². The summed E-state index contributed by atoms with van der Waals surface area (Å²) in [6.07, 6.45) is -2.27. The maximum Gasteiger partial charge on any atom is 0.416 e. The third kappa shape index (κ3) is 3.90. The molecule has 3 nitrogen and oxygen atoms in total. The second-order valence-electron chi connectivity index (χ2n) is 8.21. The standard InChI is InChI=1S/C23H24F3NO2/c1-27-11-5-10-20(15-27)29-21(28)22(13-16-6-2-3-7-17(16)14-22)18-8-4-9-19(12-18)23(24,25)26/h2-4,6-9,12,20H,5,10-11,13-15H2,1H3. The summed E-state index contributed by atoms with van der Waals surface area (Å²) in [6, 6.07) is 12.8. The molecule has 0 N–H and O–H groups in total. The molecule has 2 aliphatic rings. The molecule has 1 unspecified atom stereocenters. The Morgan fingerprint density at radius 3 is 2.41 bits per heavy atom. The van der Waals surface area contributed by atoms with Gasteiger partial charge in [0.1, 0.15) is 11.5 Å². The van der Waals surface area contributed by atoms with Gasteiger partial charge in [-0.25, -0.2) is 0 Å². The van der Waals surface area contributed by atoms with Crippen LogP contribution in [-0.2, 0) is 34.0 Å². The monoisotopic (exact) mass is 403 g/mol. The lowest BCUT2D eigenvalue weighted by atomic mass is 9.77. The summed E-state index contributed by atoms with van der Waals surface area (Å²) < 4.78 is 45.9. The van der Waals surface area contributed by atoms with Crippen molar-refractivity contribution >= 4 is 5.97 Å². The van der Waals surface area contributed by atoms with Gasteiger partial charge in [-0.1, -0.05) is 42.5 Å². The average Bonchev–Trinajstić information content (AvgIpc) is 3.08. The molecule has 29 heavy (non-hydrogen) atoms. The number of piperidine rings is 1. The SMILES string of the molecule is CN1CCCC(OC(=O)C2(c3cccc(C(F)(F)F)c3)Cc3ccccc3C2)C1. The molecule has 2 aromatic rings. The van der Waals surface area contributed by atoms with E-state index >= 15 is 0 Å². The van der Waals surface area contributed by atoms with Crippen molar-refractivity contribution in [3.63, 3.8) is 0 Å². The summed E-state index contributed by atoms with van der Waals surface area (Å²) in [5.41, 5.74) is 0.486. The van der Waals surface area contributed by atoms with Crippen molar-refractivity contribution in [2.45, 2.75) is 43.4 Å². The molecule has 1 fully saturated rings. The predicted octanol–water partition coefficient (Wildman–Crippen LogP) is 4.38. The highest BCUT2D eigenvalue weighted by atomic mass is 19.4. The fourth-order valence-electron chi connectivity index (χ4n) is 4.55. The first kappa shape index (κ1) is 20.0. The van der Waals surface area contributed by atoms with Crippen LogP contribution in [0.2, 0.25) is 0 Å². The number of benzene rings is 2. The first-order valence-corrected chi connectivity index (χ1v) is 9.92. The largest absolute Gasteiger partial charge is 0.460 e. The number of hydrogen-bond acceptors (Lipinski definition) is 3. The molecule has 0 bridgehead atoms. The quantitative estimate of drug-likeness (QED) is 0.713. The Hall–Kier alpha value is -2.34. The zero-order valence-electron chi connectivity index (χ0n) is 16.3. The maximum atomic E-state index is 13.5. The van der Waals surface area contributed by atoms with Crippen molar-refractivity contribution in [1.29, 1.82) is 0 Å². The van der Waals surface area contributed by atoms with Gasteiger partial charge in [0.2, 0.25) is 0 Å². The number of alkyl halides is 3. The number of esters is 1. The number of rotatable bonds is 3. The van der Waals surface area contributed by atoms with Crippen LogP contribution in [0.15, 0.2) is 48.5 Å². The molecule has 0 spiro atoms. The third-order valence-corrected chi connectivity index (χ3v) is 6.09. The molecule has 0 aromatic heterocycles. The Balaban J connectivity index is 1.71. The number of likely N-dealkylation sites (tertiary alicyclic amines) is 1. The lowest BCUT2D eigenvalue weighted by molar-refractivity contribution is -0.158. The number of likely N-dealkylation sites (N-methyl/N-ethyl adjacent to an activating group) is 1. The highest BCUT2D eigenvalue weighted by Gasteiger charge is 2.48. The van der Waals surface area contributed by atoms with Crippen LogP contribution in [0.3, 0.4) is 0 Å². The summed E-state index contributed by atoms with van der Waals surface area (Å²) in [5, 5.41) is 0. The topological polar surface area (TPSA) is 29.5 Å². The predicted molar refractivity (Wildman–Crippen MR) is 104 cm³/mol. The number of carbonyl (C=O) groups is 1. The smallest absolute Gasteiger partial charge is 0.416 e. The minimum atomic E-state index is -4.46. The lowest BCUT2D eigenvalue weighted by Gasteiger charge is -2.34. The highest BCUT2D eigenvalue weighted by Crippen LogP contribution is 2.43. The average molecular weight is 403 g/mol. The van der Waals surface area contributed by atoms with Crippen molar-refractivity contribution in [1.82, 2.24) is 4.90 Å². The fourth-order valence-corrected chi connectivity index (χ4v) is 4.55. The Morgan fingerprint density at radius 1 is 1.10 bits per heavy atom. The van der Waals surface area contributed by atoms with E-state index in [1.165, 1.54) is 6.07 Å². The normalized spacial score (nSPS) is 21.6. The van der Waals surface area contributed by atoms with Crippen LogP contribution in [0.25, 0.3) is 0 Å². The molecule has 6 heteroatoms. The Labute approximate surface area is 168 Å². The van der Waals surface area contributed by atoms with Crippen LogP contribution in [0, 0.1) is 0 Å². The van der Waals surface area contributed by atoms with E-state index in [4.69, 9.17) is 4.74 Å². The van der Waals surface area contributed by atoms with E-state index in [2.05, 4.69) is 4.90 Å². The molecule has 0 amide bonds. The van der Waals surface area contributed by atoms with Crippen LogP contribution in [-0.4, -0.2) is 37.1 Å². The van der Waals surface area contributed by atoms with Crippen LogP contribution in [0.1, 0.15) is 35.1 Å². The second-order valence-corrected chi connectivity index (χ2v) is 8.21. The van der Waals surface area contributed by atoms with Gasteiger partial charge >= 0.3 is 12.1 Å². The van der Waals surface area contributed by atoms with Gasteiger partial charge in [0.25, 0.3) is 0 Å². The molecule has 0 radical (unpaired) electrons. The van der Waals surface area contributed by atoms with Crippen molar-refractivity contribution < 1.29 is 22.7 Å². The molecule has 1 aliphatic heterocycles. The van der Waals surface area contributed by atoms with Crippen molar-refractivity contribution in [2.75, 3.05) is 20.1 Å². The van der Waals surface area contributed by atoms with E-state index in [0.29, 0.717) is 24.9 Å². The van der Waals surface area contributed by atoms with Crippen LogP contribution < -0.4 is 0 Å². The maximum absolute atomic E-state index is 13.5. The molecule has 4 rings (SSSR count).